The lowest BCUT2D eigenvalue weighted by molar-refractivity contribution is -0.122. The van der Waals surface area contributed by atoms with Gasteiger partial charge in [-0.25, -0.2) is 0 Å². The van der Waals surface area contributed by atoms with Crippen LogP contribution in [0.2, 0.25) is 0 Å². The van der Waals surface area contributed by atoms with Gasteiger partial charge < -0.3 is 10.5 Å². The van der Waals surface area contributed by atoms with Crippen molar-refractivity contribution in [3.05, 3.63) is 0 Å². The fraction of sp³-hybridized carbons (Fsp3) is 0.875. The highest BCUT2D eigenvalue weighted by atomic mass is 16.5. The molecule has 1 saturated carbocycles. The molecule has 0 aromatic rings. The number of hydroxylamine groups is 1. The van der Waals surface area contributed by atoms with Crippen molar-refractivity contribution < 1.29 is 10.0 Å². The number of nitrogens with one attached hydrogen (secondary N) is 2. The van der Waals surface area contributed by atoms with E-state index < -0.39 is 0 Å². The second kappa shape index (κ2) is 5.11. The number of carbonyl (C=O) groups excluding carboxylic acids is 1. The Labute approximate surface area is 72.3 Å². The molecule has 0 saturated heterocycles. The van der Waals surface area contributed by atoms with Gasteiger partial charge in [0.05, 0.1) is 6.54 Å². The Morgan fingerprint density at radius 1 is 1.33 bits per heavy atom. The maximum Gasteiger partial charge on any atom is 0.236 e. The summed E-state index contributed by atoms with van der Waals surface area (Å²) in [5.74, 6) is -0.121. The van der Waals surface area contributed by atoms with Gasteiger partial charge in [0.2, 0.25) is 5.91 Å². The van der Waals surface area contributed by atoms with Crippen molar-refractivity contribution in [2.24, 2.45) is 0 Å². The van der Waals surface area contributed by atoms with Gasteiger partial charge in [-0.05, 0) is 12.8 Å². The molecule has 0 heterocycles. The Kier molecular flexibility index (Phi) is 4.04. The number of amides is 1. The Morgan fingerprint density at radius 2 is 2.00 bits per heavy atom. The predicted octanol–water partition coefficient (Wildman–Crippen LogP) is 0.414. The van der Waals surface area contributed by atoms with Gasteiger partial charge in [-0.2, -0.15) is 5.48 Å². The van der Waals surface area contributed by atoms with E-state index in [4.69, 9.17) is 5.21 Å². The lowest BCUT2D eigenvalue weighted by Gasteiger charge is -2.22. The van der Waals surface area contributed by atoms with Crippen LogP contribution in [0.5, 0.6) is 0 Å². The summed E-state index contributed by atoms with van der Waals surface area (Å²) in [7, 11) is 0. The zero-order valence-corrected chi connectivity index (χ0v) is 7.18. The molecule has 0 aromatic carbocycles. The summed E-state index contributed by atoms with van der Waals surface area (Å²) >= 11 is 0. The Morgan fingerprint density at radius 3 is 2.58 bits per heavy atom. The van der Waals surface area contributed by atoms with Gasteiger partial charge >= 0.3 is 0 Å². The number of hydrogen-bond donors (Lipinski definition) is 3. The van der Waals surface area contributed by atoms with E-state index in [2.05, 4.69) is 5.32 Å². The van der Waals surface area contributed by atoms with Crippen LogP contribution in [-0.2, 0) is 4.79 Å². The molecule has 1 aliphatic rings. The molecule has 0 aliphatic heterocycles. The van der Waals surface area contributed by atoms with E-state index in [0.29, 0.717) is 6.04 Å². The van der Waals surface area contributed by atoms with Crippen LogP contribution in [0.25, 0.3) is 0 Å². The lowest BCUT2D eigenvalue weighted by atomic mass is 9.95. The summed E-state index contributed by atoms with van der Waals surface area (Å²) in [6.07, 6.45) is 5.86. The van der Waals surface area contributed by atoms with Crippen LogP contribution in [0.1, 0.15) is 32.1 Å². The lowest BCUT2D eigenvalue weighted by Crippen LogP contribution is -2.40. The van der Waals surface area contributed by atoms with Crippen molar-refractivity contribution in [2.45, 2.75) is 38.1 Å². The van der Waals surface area contributed by atoms with E-state index in [1.807, 2.05) is 5.48 Å². The Bertz CT molecular complexity index is 144. The molecule has 1 rings (SSSR count). The van der Waals surface area contributed by atoms with Crippen LogP contribution in [0.15, 0.2) is 0 Å². The Balaban J connectivity index is 2.15. The first-order valence-corrected chi connectivity index (χ1v) is 4.49. The van der Waals surface area contributed by atoms with Crippen LogP contribution >= 0.6 is 0 Å². The minimum Gasteiger partial charge on any atom is -0.352 e. The summed E-state index contributed by atoms with van der Waals surface area (Å²) in [5.41, 5.74) is 1.85. The number of hydrogen-bond acceptors (Lipinski definition) is 3. The molecule has 0 aromatic heterocycles. The van der Waals surface area contributed by atoms with Crippen molar-refractivity contribution in [1.29, 1.82) is 0 Å². The third-order valence-electron chi connectivity index (χ3n) is 2.21. The van der Waals surface area contributed by atoms with Gasteiger partial charge in [-0.3, -0.25) is 4.79 Å². The summed E-state index contributed by atoms with van der Waals surface area (Å²) in [4.78, 5) is 11.0. The molecule has 1 aliphatic carbocycles. The van der Waals surface area contributed by atoms with Crippen LogP contribution in [0, 0.1) is 0 Å². The van der Waals surface area contributed by atoms with Crippen LogP contribution in [0.3, 0.4) is 0 Å². The molecular formula is C8H16N2O2. The second-order valence-corrected chi connectivity index (χ2v) is 3.24. The van der Waals surface area contributed by atoms with Gasteiger partial charge in [0.1, 0.15) is 0 Å². The topological polar surface area (TPSA) is 61.4 Å². The fourth-order valence-corrected chi connectivity index (χ4v) is 1.60. The Hall–Kier alpha value is -0.610. The van der Waals surface area contributed by atoms with Gasteiger partial charge in [-0.1, -0.05) is 19.3 Å². The molecule has 1 amide bonds. The molecule has 0 radical (unpaired) electrons. The summed E-state index contributed by atoms with van der Waals surface area (Å²) in [6.45, 7) is -0.00347. The zero-order chi connectivity index (χ0) is 8.81. The largest absolute Gasteiger partial charge is 0.352 e. The molecule has 0 unspecified atom stereocenters. The molecule has 0 spiro atoms. The average molecular weight is 172 g/mol. The quantitative estimate of drug-likeness (QED) is 0.540. The number of rotatable bonds is 3. The van der Waals surface area contributed by atoms with E-state index >= 15 is 0 Å². The first-order valence-electron chi connectivity index (χ1n) is 4.49. The van der Waals surface area contributed by atoms with Gasteiger partial charge in [-0.15, -0.1) is 0 Å². The van der Waals surface area contributed by atoms with Gasteiger partial charge in [0.15, 0.2) is 0 Å². The first-order chi connectivity index (χ1) is 5.83. The highest BCUT2D eigenvalue weighted by Gasteiger charge is 2.14. The van der Waals surface area contributed by atoms with Crippen LogP contribution < -0.4 is 10.8 Å². The van der Waals surface area contributed by atoms with Crippen LogP contribution in [-0.4, -0.2) is 23.7 Å². The maximum atomic E-state index is 11.0. The van der Waals surface area contributed by atoms with E-state index in [1.165, 1.54) is 19.3 Å². The van der Waals surface area contributed by atoms with E-state index in [0.717, 1.165) is 12.8 Å². The molecule has 12 heavy (non-hydrogen) atoms. The summed E-state index contributed by atoms with van der Waals surface area (Å²) in [6, 6.07) is 0.333. The van der Waals surface area contributed by atoms with Crippen molar-refractivity contribution in [2.75, 3.05) is 6.54 Å². The SMILES string of the molecule is O=C(CNO)NC1CCCCC1. The molecule has 0 bridgehead atoms. The van der Waals surface area contributed by atoms with Crippen molar-refractivity contribution in [3.63, 3.8) is 0 Å². The molecule has 4 heteroatoms. The van der Waals surface area contributed by atoms with Gasteiger partial charge in [0, 0.05) is 6.04 Å². The minimum atomic E-state index is -0.121. The fourth-order valence-electron chi connectivity index (χ4n) is 1.60. The van der Waals surface area contributed by atoms with E-state index in [1.54, 1.807) is 0 Å². The second-order valence-electron chi connectivity index (χ2n) is 3.24. The number of carbonyl (C=O) groups is 1. The van der Waals surface area contributed by atoms with E-state index in [-0.39, 0.29) is 12.5 Å². The monoisotopic (exact) mass is 172 g/mol. The third kappa shape index (κ3) is 3.19. The normalized spacial score (nSPS) is 19.1. The predicted molar refractivity (Wildman–Crippen MR) is 44.8 cm³/mol. The van der Waals surface area contributed by atoms with Crippen molar-refractivity contribution in [1.82, 2.24) is 10.8 Å². The van der Waals surface area contributed by atoms with Gasteiger partial charge in [0.25, 0.3) is 0 Å². The standard InChI is InChI=1S/C8H16N2O2/c11-8(6-9-12)10-7-4-2-1-3-5-7/h7,9,12H,1-6H2,(H,10,11). The minimum absolute atomic E-state index is 0.00347. The highest BCUT2D eigenvalue weighted by Crippen LogP contribution is 2.16. The van der Waals surface area contributed by atoms with Crippen LogP contribution in [0.4, 0.5) is 0 Å². The molecule has 3 N–H and O–H groups in total. The van der Waals surface area contributed by atoms with E-state index in [9.17, 15) is 4.79 Å². The first kappa shape index (κ1) is 9.48. The third-order valence-corrected chi connectivity index (χ3v) is 2.21. The molecule has 0 atom stereocenters. The summed E-state index contributed by atoms with van der Waals surface area (Å²) in [5, 5.41) is 11.1. The summed E-state index contributed by atoms with van der Waals surface area (Å²) < 4.78 is 0. The highest BCUT2D eigenvalue weighted by molar-refractivity contribution is 5.78. The molecule has 4 nitrogen and oxygen atoms in total. The molecule has 1 fully saturated rings. The maximum absolute atomic E-state index is 11.0. The molecular weight excluding hydrogens is 156 g/mol. The smallest absolute Gasteiger partial charge is 0.236 e. The van der Waals surface area contributed by atoms with Crippen molar-refractivity contribution in [3.8, 4) is 0 Å². The zero-order valence-electron chi connectivity index (χ0n) is 7.18. The average Bonchev–Trinajstić information content (AvgIpc) is 2.06. The molecule has 70 valence electrons. The van der Waals surface area contributed by atoms with Crippen molar-refractivity contribution >= 4 is 5.91 Å².